The summed E-state index contributed by atoms with van der Waals surface area (Å²) in [4.78, 5) is 14.3. The molecule has 0 bridgehead atoms. The lowest BCUT2D eigenvalue weighted by atomic mass is 10.1. The topological polar surface area (TPSA) is 32.3 Å². The molecule has 1 atom stereocenters. The van der Waals surface area contributed by atoms with Crippen molar-refractivity contribution in [3.05, 3.63) is 30.5 Å². The molecule has 0 radical (unpaired) electrons. The third-order valence-corrected chi connectivity index (χ3v) is 4.35. The Bertz CT molecular complexity index is 597. The summed E-state index contributed by atoms with van der Waals surface area (Å²) in [7, 11) is 0. The molecule has 0 amide bonds. The van der Waals surface area contributed by atoms with E-state index < -0.39 is 0 Å². The van der Waals surface area contributed by atoms with E-state index in [2.05, 4.69) is 14.8 Å². The molecule has 0 saturated carbocycles. The Hall–Kier alpha value is -1.68. The van der Waals surface area contributed by atoms with Gasteiger partial charge in [0, 0.05) is 25.7 Å². The highest BCUT2D eigenvalue weighted by molar-refractivity contribution is 5.75. The fraction of sp³-hybridized carbons (Fsp3) is 0.467. The van der Waals surface area contributed by atoms with Crippen molar-refractivity contribution in [1.82, 2.24) is 14.9 Å². The minimum atomic E-state index is 0.724. The molecule has 1 aromatic heterocycles. The zero-order chi connectivity index (χ0) is 12.7. The molecule has 0 aliphatic carbocycles. The number of benzene rings is 1. The van der Waals surface area contributed by atoms with Crippen LogP contribution < -0.4 is 4.90 Å². The van der Waals surface area contributed by atoms with Gasteiger partial charge in [-0.2, -0.15) is 0 Å². The van der Waals surface area contributed by atoms with Crippen LogP contribution in [-0.2, 0) is 0 Å². The number of rotatable bonds is 1. The van der Waals surface area contributed by atoms with Crippen LogP contribution in [0.15, 0.2) is 30.5 Å². The monoisotopic (exact) mass is 254 g/mol. The van der Waals surface area contributed by atoms with Gasteiger partial charge in [-0.1, -0.05) is 12.1 Å². The van der Waals surface area contributed by atoms with E-state index in [0.717, 1.165) is 36.0 Å². The highest BCUT2D eigenvalue weighted by Gasteiger charge is 2.31. The Balaban J connectivity index is 1.63. The number of fused-ring (bicyclic) bond motifs is 2. The van der Waals surface area contributed by atoms with E-state index in [1.54, 1.807) is 0 Å². The average Bonchev–Trinajstić information content (AvgIpc) is 2.94. The van der Waals surface area contributed by atoms with Crippen molar-refractivity contribution in [3.8, 4) is 0 Å². The molecule has 19 heavy (non-hydrogen) atoms. The van der Waals surface area contributed by atoms with Gasteiger partial charge in [-0.15, -0.1) is 0 Å². The molecule has 4 heteroatoms. The largest absolute Gasteiger partial charge is 0.352 e. The lowest BCUT2D eigenvalue weighted by Crippen LogP contribution is -2.50. The van der Waals surface area contributed by atoms with E-state index in [0.29, 0.717) is 0 Å². The van der Waals surface area contributed by atoms with Gasteiger partial charge in [0.15, 0.2) is 0 Å². The minimum absolute atomic E-state index is 0.724. The summed E-state index contributed by atoms with van der Waals surface area (Å²) < 4.78 is 0. The lowest BCUT2D eigenvalue weighted by Gasteiger charge is -2.38. The van der Waals surface area contributed by atoms with Crippen LogP contribution in [0.2, 0.25) is 0 Å². The SMILES string of the molecule is c1ccc2nc(N3CCN4CCC[C@@H]4C3)cnc2c1. The predicted molar refractivity (Wildman–Crippen MR) is 76.3 cm³/mol. The van der Waals surface area contributed by atoms with E-state index in [1.165, 1.54) is 25.9 Å². The first-order chi connectivity index (χ1) is 9.40. The number of hydrogen-bond donors (Lipinski definition) is 0. The second kappa shape index (κ2) is 4.46. The molecule has 2 saturated heterocycles. The third kappa shape index (κ3) is 1.96. The van der Waals surface area contributed by atoms with Crippen LogP contribution in [0.25, 0.3) is 11.0 Å². The van der Waals surface area contributed by atoms with Crippen LogP contribution in [0.3, 0.4) is 0 Å². The zero-order valence-electron chi connectivity index (χ0n) is 11.0. The van der Waals surface area contributed by atoms with Gasteiger partial charge in [-0.05, 0) is 31.5 Å². The number of para-hydroxylation sites is 2. The Morgan fingerprint density at radius 1 is 1.05 bits per heavy atom. The van der Waals surface area contributed by atoms with Crippen LogP contribution in [0.4, 0.5) is 5.82 Å². The summed E-state index contributed by atoms with van der Waals surface area (Å²) in [6.45, 7) is 4.62. The van der Waals surface area contributed by atoms with E-state index in [1.807, 2.05) is 30.5 Å². The molecule has 3 heterocycles. The Morgan fingerprint density at radius 2 is 1.95 bits per heavy atom. The Morgan fingerprint density at radius 3 is 2.89 bits per heavy atom. The molecule has 2 aliphatic heterocycles. The predicted octanol–water partition coefficient (Wildman–Crippen LogP) is 1.91. The van der Waals surface area contributed by atoms with Crippen molar-refractivity contribution in [2.75, 3.05) is 31.1 Å². The van der Waals surface area contributed by atoms with Gasteiger partial charge >= 0.3 is 0 Å². The molecule has 1 aromatic carbocycles. The second-order valence-electron chi connectivity index (χ2n) is 5.49. The van der Waals surface area contributed by atoms with Crippen molar-refractivity contribution < 1.29 is 0 Å². The maximum atomic E-state index is 4.76. The highest BCUT2D eigenvalue weighted by Crippen LogP contribution is 2.24. The van der Waals surface area contributed by atoms with E-state index >= 15 is 0 Å². The summed E-state index contributed by atoms with van der Waals surface area (Å²) >= 11 is 0. The van der Waals surface area contributed by atoms with Gasteiger partial charge in [0.05, 0.1) is 17.2 Å². The normalized spacial score (nSPS) is 23.8. The van der Waals surface area contributed by atoms with E-state index in [9.17, 15) is 0 Å². The van der Waals surface area contributed by atoms with E-state index in [-0.39, 0.29) is 0 Å². The fourth-order valence-corrected chi connectivity index (χ4v) is 3.30. The first-order valence-electron chi connectivity index (χ1n) is 7.11. The third-order valence-electron chi connectivity index (χ3n) is 4.35. The summed E-state index contributed by atoms with van der Waals surface area (Å²) in [6.07, 6.45) is 4.60. The minimum Gasteiger partial charge on any atom is -0.352 e. The maximum absolute atomic E-state index is 4.76. The molecule has 4 rings (SSSR count). The van der Waals surface area contributed by atoms with Crippen LogP contribution >= 0.6 is 0 Å². The molecule has 0 N–H and O–H groups in total. The molecule has 2 aromatic rings. The molecular weight excluding hydrogens is 236 g/mol. The van der Waals surface area contributed by atoms with Gasteiger partial charge in [-0.3, -0.25) is 9.88 Å². The highest BCUT2D eigenvalue weighted by atomic mass is 15.3. The van der Waals surface area contributed by atoms with Crippen molar-refractivity contribution >= 4 is 16.9 Å². The van der Waals surface area contributed by atoms with Crippen molar-refractivity contribution in [2.45, 2.75) is 18.9 Å². The first kappa shape index (κ1) is 11.2. The molecule has 2 fully saturated rings. The number of hydrogen-bond acceptors (Lipinski definition) is 4. The quantitative estimate of drug-likeness (QED) is 0.778. The molecular formula is C15H18N4. The number of piperazine rings is 1. The second-order valence-corrected chi connectivity index (χ2v) is 5.49. The van der Waals surface area contributed by atoms with Crippen LogP contribution in [-0.4, -0.2) is 47.1 Å². The van der Waals surface area contributed by atoms with Gasteiger partial charge in [0.1, 0.15) is 5.82 Å². The Labute approximate surface area is 113 Å². The number of nitrogens with zero attached hydrogens (tertiary/aromatic N) is 4. The summed E-state index contributed by atoms with van der Waals surface area (Å²) in [5.74, 6) is 1.03. The maximum Gasteiger partial charge on any atom is 0.147 e. The summed E-state index contributed by atoms with van der Waals surface area (Å²) in [5, 5.41) is 0. The number of aromatic nitrogens is 2. The van der Waals surface area contributed by atoms with E-state index in [4.69, 9.17) is 4.98 Å². The van der Waals surface area contributed by atoms with Gasteiger partial charge < -0.3 is 4.90 Å². The first-order valence-corrected chi connectivity index (χ1v) is 7.11. The van der Waals surface area contributed by atoms with Crippen LogP contribution in [0.1, 0.15) is 12.8 Å². The molecule has 0 unspecified atom stereocenters. The standard InChI is InChI=1S/C15H18N4/c1-2-6-14-13(5-1)16-10-15(17-14)19-9-8-18-7-3-4-12(18)11-19/h1-2,5-6,10,12H,3-4,7-9,11H2/t12-/m1/s1. The van der Waals surface area contributed by atoms with Crippen LogP contribution in [0.5, 0.6) is 0 Å². The van der Waals surface area contributed by atoms with Gasteiger partial charge in [-0.25, -0.2) is 4.98 Å². The zero-order valence-corrected chi connectivity index (χ0v) is 11.0. The average molecular weight is 254 g/mol. The number of anilines is 1. The summed E-state index contributed by atoms with van der Waals surface area (Å²) in [5.41, 5.74) is 1.97. The molecule has 0 spiro atoms. The van der Waals surface area contributed by atoms with Gasteiger partial charge in [0.2, 0.25) is 0 Å². The van der Waals surface area contributed by atoms with Gasteiger partial charge in [0.25, 0.3) is 0 Å². The fourth-order valence-electron chi connectivity index (χ4n) is 3.30. The van der Waals surface area contributed by atoms with Crippen molar-refractivity contribution in [1.29, 1.82) is 0 Å². The lowest BCUT2D eigenvalue weighted by molar-refractivity contribution is 0.230. The smallest absolute Gasteiger partial charge is 0.147 e. The Kier molecular flexibility index (Phi) is 2.62. The van der Waals surface area contributed by atoms with Crippen LogP contribution in [0, 0.1) is 0 Å². The molecule has 2 aliphatic rings. The molecule has 4 nitrogen and oxygen atoms in total. The van der Waals surface area contributed by atoms with Crippen molar-refractivity contribution in [3.63, 3.8) is 0 Å². The summed E-state index contributed by atoms with van der Waals surface area (Å²) in [6, 6.07) is 8.81. The molecule has 98 valence electrons. The van der Waals surface area contributed by atoms with Crippen molar-refractivity contribution in [2.24, 2.45) is 0 Å².